The van der Waals surface area contributed by atoms with Crippen molar-refractivity contribution in [3.63, 3.8) is 0 Å². The van der Waals surface area contributed by atoms with E-state index in [-0.39, 0.29) is 23.6 Å². The van der Waals surface area contributed by atoms with E-state index < -0.39 is 45.3 Å². The molecular weight excluding hydrogens is 464 g/mol. The van der Waals surface area contributed by atoms with Crippen LogP contribution in [0.25, 0.3) is 11.1 Å². The van der Waals surface area contributed by atoms with Gasteiger partial charge in [-0.25, -0.2) is 26.0 Å². The first-order valence-corrected chi connectivity index (χ1v) is 11.9. The summed E-state index contributed by atoms with van der Waals surface area (Å²) in [5.74, 6) is -2.55. The van der Waals surface area contributed by atoms with E-state index in [4.69, 9.17) is 4.84 Å². The number of hydrogen-bond donors (Lipinski definition) is 0. The molecule has 2 atom stereocenters. The minimum Gasteiger partial charge on any atom is -0.378 e. The summed E-state index contributed by atoms with van der Waals surface area (Å²) in [5.41, 5.74) is -2.78. The predicted molar refractivity (Wildman–Crippen MR) is 113 cm³/mol. The zero-order chi connectivity index (χ0) is 23.8. The molecule has 2 unspecified atom stereocenters. The summed E-state index contributed by atoms with van der Waals surface area (Å²) in [5, 5.41) is 3.98. The average molecular weight is 484 g/mol. The van der Waals surface area contributed by atoms with Gasteiger partial charge < -0.3 is 9.74 Å². The van der Waals surface area contributed by atoms with Crippen LogP contribution in [0.1, 0.15) is 18.5 Å². The molecule has 0 amide bonds. The van der Waals surface area contributed by atoms with Gasteiger partial charge in [0.1, 0.15) is 30.0 Å². The summed E-state index contributed by atoms with van der Waals surface area (Å²) in [7, 11) is -3.50. The van der Waals surface area contributed by atoms with Crippen LogP contribution < -0.4 is 0 Å². The predicted octanol–water partition coefficient (Wildman–Crippen LogP) is 3.42. The van der Waals surface area contributed by atoms with Crippen molar-refractivity contribution in [2.45, 2.75) is 18.4 Å². The van der Waals surface area contributed by atoms with Gasteiger partial charge >= 0.3 is 0 Å². The highest BCUT2D eigenvalue weighted by Crippen LogP contribution is 2.42. The number of amidine groups is 1. The van der Waals surface area contributed by atoms with Crippen LogP contribution in [0.4, 0.5) is 17.6 Å². The van der Waals surface area contributed by atoms with Crippen LogP contribution in [-0.4, -0.2) is 56.4 Å². The Morgan fingerprint density at radius 3 is 2.70 bits per heavy atom. The summed E-state index contributed by atoms with van der Waals surface area (Å²) < 4.78 is 83.4. The highest BCUT2D eigenvalue weighted by molar-refractivity contribution is 7.89. The maximum absolute atomic E-state index is 14.5. The maximum Gasteiger partial charge on any atom is 0.249 e. The maximum atomic E-state index is 14.5. The minimum absolute atomic E-state index is 0.110. The Kier molecular flexibility index (Phi) is 6.12. The summed E-state index contributed by atoms with van der Waals surface area (Å²) in [6, 6.07) is 4.07. The number of halogens is 4. The largest absolute Gasteiger partial charge is 0.378 e. The molecule has 0 aliphatic carbocycles. The van der Waals surface area contributed by atoms with Crippen molar-refractivity contribution in [3.8, 4) is 11.1 Å². The molecule has 1 saturated heterocycles. The molecule has 3 heterocycles. The summed E-state index contributed by atoms with van der Waals surface area (Å²) in [6.07, 6.45) is 3.66. The molecule has 0 radical (unpaired) electrons. The van der Waals surface area contributed by atoms with E-state index in [1.807, 2.05) is 0 Å². The first-order valence-electron chi connectivity index (χ1n) is 10.0. The third-order valence-electron chi connectivity index (χ3n) is 5.56. The van der Waals surface area contributed by atoms with Gasteiger partial charge in [-0.2, -0.15) is 4.40 Å². The minimum atomic E-state index is -3.50. The number of benzene rings is 1. The molecule has 0 spiro atoms. The smallest absolute Gasteiger partial charge is 0.249 e. The molecule has 2 aliphatic rings. The van der Waals surface area contributed by atoms with Crippen molar-refractivity contribution in [3.05, 3.63) is 53.6 Å². The number of nitrogens with zero attached hydrogens (tertiary/aromatic N) is 4. The van der Waals surface area contributed by atoms with E-state index in [9.17, 15) is 26.0 Å². The number of sulfonamides is 1. The fourth-order valence-corrected chi connectivity index (χ4v) is 4.37. The van der Waals surface area contributed by atoms with Crippen LogP contribution in [0.3, 0.4) is 0 Å². The van der Waals surface area contributed by atoms with Gasteiger partial charge in [0.05, 0.1) is 30.1 Å². The van der Waals surface area contributed by atoms with Crippen LogP contribution in [0.5, 0.6) is 0 Å². The molecule has 1 fully saturated rings. The van der Waals surface area contributed by atoms with Crippen LogP contribution >= 0.6 is 0 Å². The molecule has 0 bridgehead atoms. The van der Waals surface area contributed by atoms with Crippen LogP contribution in [0.2, 0.25) is 0 Å². The van der Waals surface area contributed by atoms with E-state index in [0.717, 1.165) is 36.7 Å². The topological polar surface area (TPSA) is 84.2 Å². The van der Waals surface area contributed by atoms with E-state index in [1.54, 1.807) is 4.90 Å². The SMILES string of the molecule is CS(=O)(=O)N=CC1CCN(C2=NOC(CF)(c3ncc(F)cc3-c3c(F)cccc3F)C2)C1. The van der Waals surface area contributed by atoms with E-state index in [2.05, 4.69) is 14.5 Å². The Morgan fingerprint density at radius 1 is 1.30 bits per heavy atom. The molecule has 4 rings (SSSR count). The number of alkyl halides is 1. The van der Waals surface area contributed by atoms with Crippen molar-refractivity contribution < 1.29 is 30.8 Å². The van der Waals surface area contributed by atoms with Crippen LogP contribution in [0.15, 0.2) is 40.0 Å². The van der Waals surface area contributed by atoms with Gasteiger partial charge in [-0.05, 0) is 24.6 Å². The van der Waals surface area contributed by atoms with Crippen molar-refractivity contribution in [2.24, 2.45) is 15.5 Å². The van der Waals surface area contributed by atoms with E-state index in [0.29, 0.717) is 25.3 Å². The standard InChI is InChI=1S/C21H20F4N4O3S/c1-33(30,31)27-9-13-5-6-29(11-13)18-8-21(12-22,32-28-18)20-15(7-14(23)10-26-20)19-16(24)3-2-4-17(19)25/h2-4,7,9-10,13H,5-6,8,11-12H2,1H3. The lowest BCUT2D eigenvalue weighted by Gasteiger charge is -2.26. The molecule has 1 aromatic carbocycles. The lowest BCUT2D eigenvalue weighted by molar-refractivity contribution is -0.0435. The Hall–Kier alpha value is -3.02. The third-order valence-corrected chi connectivity index (χ3v) is 6.06. The number of rotatable bonds is 5. The Morgan fingerprint density at radius 2 is 2.03 bits per heavy atom. The number of aromatic nitrogens is 1. The summed E-state index contributed by atoms with van der Waals surface area (Å²) in [4.78, 5) is 11.2. The number of likely N-dealkylation sites (tertiary alicyclic amines) is 1. The first kappa shape index (κ1) is 23.1. The Balaban J connectivity index is 1.63. The molecule has 176 valence electrons. The van der Waals surface area contributed by atoms with Crippen molar-refractivity contribution in [1.29, 1.82) is 0 Å². The van der Waals surface area contributed by atoms with Crippen LogP contribution in [0, 0.1) is 23.4 Å². The highest BCUT2D eigenvalue weighted by Gasteiger charge is 2.47. The second-order valence-electron chi connectivity index (χ2n) is 8.03. The second-order valence-corrected chi connectivity index (χ2v) is 9.71. The van der Waals surface area contributed by atoms with Gasteiger partial charge in [0.2, 0.25) is 15.6 Å². The molecule has 2 aromatic rings. The third kappa shape index (κ3) is 4.70. The second kappa shape index (κ2) is 8.73. The summed E-state index contributed by atoms with van der Waals surface area (Å²) in [6.45, 7) is -0.250. The molecule has 0 saturated carbocycles. The van der Waals surface area contributed by atoms with E-state index in [1.165, 1.54) is 6.21 Å². The first-order chi connectivity index (χ1) is 15.6. The summed E-state index contributed by atoms with van der Waals surface area (Å²) >= 11 is 0. The lowest BCUT2D eigenvalue weighted by Crippen LogP contribution is -2.35. The van der Waals surface area contributed by atoms with Gasteiger partial charge in [0.25, 0.3) is 0 Å². The van der Waals surface area contributed by atoms with Gasteiger partial charge in [0.15, 0.2) is 0 Å². The van der Waals surface area contributed by atoms with Gasteiger partial charge in [-0.15, -0.1) is 0 Å². The van der Waals surface area contributed by atoms with Gasteiger partial charge in [-0.1, -0.05) is 11.2 Å². The van der Waals surface area contributed by atoms with E-state index >= 15 is 0 Å². The molecule has 33 heavy (non-hydrogen) atoms. The molecule has 12 heteroatoms. The Labute approximate surface area is 187 Å². The normalized spacial score (nSPS) is 23.2. The zero-order valence-electron chi connectivity index (χ0n) is 17.5. The molecule has 0 N–H and O–H groups in total. The monoisotopic (exact) mass is 484 g/mol. The Bertz CT molecular complexity index is 1220. The lowest BCUT2D eigenvalue weighted by atomic mass is 9.89. The molecule has 7 nitrogen and oxygen atoms in total. The number of pyridine rings is 1. The highest BCUT2D eigenvalue weighted by atomic mass is 32.2. The average Bonchev–Trinajstić information content (AvgIpc) is 3.40. The number of hydrogen-bond acceptors (Lipinski definition) is 6. The number of oxime groups is 1. The van der Waals surface area contributed by atoms with Crippen molar-refractivity contribution in [2.75, 3.05) is 26.0 Å². The fraction of sp³-hybridized carbons (Fsp3) is 0.381. The van der Waals surface area contributed by atoms with Crippen molar-refractivity contribution >= 4 is 22.1 Å². The zero-order valence-corrected chi connectivity index (χ0v) is 18.3. The van der Waals surface area contributed by atoms with Crippen molar-refractivity contribution in [1.82, 2.24) is 9.88 Å². The molecule has 1 aromatic heterocycles. The van der Waals surface area contributed by atoms with Gasteiger partial charge in [-0.3, -0.25) is 4.98 Å². The molecule has 2 aliphatic heterocycles. The quantitative estimate of drug-likeness (QED) is 0.480. The van der Waals surface area contributed by atoms with Gasteiger partial charge in [0, 0.05) is 30.8 Å². The fourth-order valence-electron chi connectivity index (χ4n) is 3.98. The van der Waals surface area contributed by atoms with Crippen LogP contribution in [-0.2, 0) is 20.5 Å². The molecular formula is C21H20F4N4O3S.